The Hall–Kier alpha value is -1.56. The molecule has 0 saturated heterocycles. The van der Waals surface area contributed by atoms with Gasteiger partial charge in [-0.2, -0.15) is 13.2 Å². The summed E-state index contributed by atoms with van der Waals surface area (Å²) in [6.07, 6.45) is -4.15. The van der Waals surface area contributed by atoms with Crippen LogP contribution in [0.2, 0.25) is 0 Å². The van der Waals surface area contributed by atoms with Gasteiger partial charge in [-0.15, -0.1) is 0 Å². The third-order valence-corrected chi connectivity index (χ3v) is 2.87. The molecule has 3 nitrogen and oxygen atoms in total. The number of carboxylic acids is 1. The van der Waals surface area contributed by atoms with E-state index in [1.54, 1.807) is 0 Å². The number of aryl methyl sites for hydroxylation is 1. The molecule has 0 heterocycles. The summed E-state index contributed by atoms with van der Waals surface area (Å²) in [7, 11) is 0. The van der Waals surface area contributed by atoms with Crippen LogP contribution in [0.5, 0.6) is 0 Å². The predicted molar refractivity (Wildman–Crippen MR) is 64.9 cm³/mol. The number of aliphatic carboxylic acids is 1. The summed E-state index contributed by atoms with van der Waals surface area (Å²) in [6.45, 7) is 1.63. The normalized spacial score (nSPS) is 13.3. The molecule has 0 radical (unpaired) electrons. The molecule has 106 valence electrons. The van der Waals surface area contributed by atoms with E-state index in [-0.39, 0.29) is 0 Å². The van der Waals surface area contributed by atoms with Crippen molar-refractivity contribution < 1.29 is 23.1 Å². The van der Waals surface area contributed by atoms with Gasteiger partial charge >= 0.3 is 12.1 Å². The van der Waals surface area contributed by atoms with E-state index in [4.69, 9.17) is 5.11 Å². The van der Waals surface area contributed by atoms with Crippen LogP contribution in [-0.2, 0) is 11.2 Å². The fourth-order valence-corrected chi connectivity index (χ4v) is 1.70. The average Bonchev–Trinajstić information content (AvgIpc) is 2.28. The molecule has 1 atom stereocenters. The Balaban J connectivity index is 2.42. The summed E-state index contributed by atoms with van der Waals surface area (Å²) in [4.78, 5) is 10.5. The van der Waals surface area contributed by atoms with Crippen molar-refractivity contribution in [3.05, 3.63) is 35.4 Å². The molecule has 0 aliphatic heterocycles. The van der Waals surface area contributed by atoms with Crippen LogP contribution in [0.1, 0.15) is 11.1 Å². The summed E-state index contributed by atoms with van der Waals surface area (Å²) >= 11 is 0. The zero-order valence-corrected chi connectivity index (χ0v) is 10.5. The number of alkyl halides is 3. The van der Waals surface area contributed by atoms with Crippen molar-refractivity contribution >= 4 is 5.97 Å². The zero-order chi connectivity index (χ0) is 14.5. The van der Waals surface area contributed by atoms with Gasteiger partial charge in [0.05, 0.1) is 0 Å². The van der Waals surface area contributed by atoms with Crippen molar-refractivity contribution in [3.8, 4) is 0 Å². The summed E-state index contributed by atoms with van der Waals surface area (Å²) in [6, 6.07) is 7.56. The molecule has 0 amide bonds. The molecule has 1 unspecified atom stereocenters. The number of hydrogen-bond acceptors (Lipinski definition) is 2. The van der Waals surface area contributed by atoms with Gasteiger partial charge in [-0.05, 0) is 31.0 Å². The molecule has 0 saturated carbocycles. The maximum atomic E-state index is 12.4. The molecule has 2 N–H and O–H groups in total. The first-order valence-corrected chi connectivity index (χ1v) is 5.87. The Morgan fingerprint density at radius 1 is 1.37 bits per heavy atom. The van der Waals surface area contributed by atoms with Gasteiger partial charge in [-0.3, -0.25) is 4.79 Å². The first-order valence-electron chi connectivity index (χ1n) is 5.87. The topological polar surface area (TPSA) is 49.3 Å². The molecule has 0 aliphatic rings. The lowest BCUT2D eigenvalue weighted by Crippen LogP contribution is -2.39. The lowest BCUT2D eigenvalue weighted by molar-refractivity contribution is -0.192. The lowest BCUT2D eigenvalue weighted by Gasteiger charge is -2.16. The molecule has 1 rings (SSSR count). The van der Waals surface area contributed by atoms with Crippen molar-refractivity contribution in [3.63, 3.8) is 0 Å². The number of carbonyl (C=O) groups is 1. The number of rotatable bonds is 6. The van der Waals surface area contributed by atoms with E-state index in [1.165, 1.54) is 0 Å². The minimum absolute atomic E-state index is 0.310. The van der Waals surface area contributed by atoms with E-state index < -0.39 is 24.6 Å². The third kappa shape index (κ3) is 4.90. The van der Waals surface area contributed by atoms with Gasteiger partial charge in [0.15, 0.2) is 5.92 Å². The van der Waals surface area contributed by atoms with Crippen LogP contribution in [0.25, 0.3) is 0 Å². The Kier molecular flexibility index (Phi) is 5.35. The highest BCUT2D eigenvalue weighted by Gasteiger charge is 2.44. The van der Waals surface area contributed by atoms with Crippen molar-refractivity contribution in [2.24, 2.45) is 5.92 Å². The van der Waals surface area contributed by atoms with E-state index in [0.29, 0.717) is 13.0 Å². The molecule has 0 fully saturated rings. The first kappa shape index (κ1) is 15.5. The number of halogens is 3. The van der Waals surface area contributed by atoms with Crippen molar-refractivity contribution in [2.45, 2.75) is 19.5 Å². The van der Waals surface area contributed by atoms with Crippen LogP contribution in [0.3, 0.4) is 0 Å². The van der Waals surface area contributed by atoms with Gasteiger partial charge in [0.1, 0.15) is 0 Å². The van der Waals surface area contributed by atoms with Crippen LogP contribution in [0.15, 0.2) is 24.3 Å². The molecule has 0 aliphatic carbocycles. The van der Waals surface area contributed by atoms with Gasteiger partial charge in [-0.1, -0.05) is 24.3 Å². The highest BCUT2D eigenvalue weighted by Crippen LogP contribution is 2.25. The zero-order valence-electron chi connectivity index (χ0n) is 10.5. The second-order valence-corrected chi connectivity index (χ2v) is 4.31. The fourth-order valence-electron chi connectivity index (χ4n) is 1.70. The van der Waals surface area contributed by atoms with Crippen LogP contribution in [0.4, 0.5) is 13.2 Å². The molecule has 0 aromatic heterocycles. The molecule has 0 bridgehead atoms. The number of carboxylic acid groups (broad SMARTS) is 1. The summed E-state index contributed by atoms with van der Waals surface area (Å²) in [5, 5.41) is 11.1. The van der Waals surface area contributed by atoms with Crippen molar-refractivity contribution in [1.82, 2.24) is 5.32 Å². The van der Waals surface area contributed by atoms with Crippen LogP contribution >= 0.6 is 0 Å². The van der Waals surface area contributed by atoms with Gasteiger partial charge < -0.3 is 10.4 Å². The monoisotopic (exact) mass is 275 g/mol. The first-order chi connectivity index (χ1) is 8.82. The quantitative estimate of drug-likeness (QED) is 0.784. The Bertz CT molecular complexity index is 432. The number of benzene rings is 1. The standard InChI is InChI=1S/C13H16F3NO2/c1-9-4-2-3-5-10(9)6-7-17-8-11(12(18)19)13(14,15)16/h2-5,11,17H,6-8H2,1H3,(H,18,19). The number of hydrogen-bond donors (Lipinski definition) is 2. The molecule has 1 aromatic carbocycles. The maximum absolute atomic E-state index is 12.4. The second-order valence-electron chi connectivity index (χ2n) is 4.31. The van der Waals surface area contributed by atoms with Crippen LogP contribution < -0.4 is 5.32 Å². The minimum Gasteiger partial charge on any atom is -0.481 e. The number of nitrogens with one attached hydrogen (secondary N) is 1. The van der Waals surface area contributed by atoms with E-state index in [1.807, 2.05) is 31.2 Å². The Morgan fingerprint density at radius 2 is 2.00 bits per heavy atom. The van der Waals surface area contributed by atoms with E-state index in [0.717, 1.165) is 11.1 Å². The van der Waals surface area contributed by atoms with E-state index >= 15 is 0 Å². The van der Waals surface area contributed by atoms with Crippen LogP contribution in [-0.4, -0.2) is 30.3 Å². The van der Waals surface area contributed by atoms with Crippen molar-refractivity contribution in [1.29, 1.82) is 0 Å². The Morgan fingerprint density at radius 3 is 2.53 bits per heavy atom. The second kappa shape index (κ2) is 6.56. The average molecular weight is 275 g/mol. The predicted octanol–water partition coefficient (Wildman–Crippen LogP) is 2.39. The van der Waals surface area contributed by atoms with E-state index in [2.05, 4.69) is 5.32 Å². The van der Waals surface area contributed by atoms with Crippen LogP contribution in [0, 0.1) is 12.8 Å². The molecular weight excluding hydrogens is 259 g/mol. The molecule has 6 heteroatoms. The van der Waals surface area contributed by atoms with Crippen molar-refractivity contribution in [2.75, 3.05) is 13.1 Å². The third-order valence-electron chi connectivity index (χ3n) is 2.87. The molecule has 0 spiro atoms. The summed E-state index contributed by atoms with van der Waals surface area (Å²) in [5.74, 6) is -4.21. The van der Waals surface area contributed by atoms with E-state index in [9.17, 15) is 18.0 Å². The summed E-state index contributed by atoms with van der Waals surface area (Å²) < 4.78 is 37.1. The minimum atomic E-state index is -4.72. The highest BCUT2D eigenvalue weighted by molar-refractivity contribution is 5.71. The lowest BCUT2D eigenvalue weighted by atomic mass is 10.1. The van der Waals surface area contributed by atoms with Gasteiger partial charge in [0, 0.05) is 6.54 Å². The largest absolute Gasteiger partial charge is 0.481 e. The Labute approximate surface area is 109 Å². The van der Waals surface area contributed by atoms with Gasteiger partial charge in [0.2, 0.25) is 0 Å². The molecular formula is C13H16F3NO2. The highest BCUT2D eigenvalue weighted by atomic mass is 19.4. The fraction of sp³-hybridized carbons (Fsp3) is 0.462. The molecule has 1 aromatic rings. The maximum Gasteiger partial charge on any atom is 0.403 e. The summed E-state index contributed by atoms with van der Waals surface area (Å²) in [5.41, 5.74) is 2.10. The smallest absolute Gasteiger partial charge is 0.403 e. The van der Waals surface area contributed by atoms with Gasteiger partial charge in [0.25, 0.3) is 0 Å². The van der Waals surface area contributed by atoms with Gasteiger partial charge in [-0.25, -0.2) is 0 Å². The molecule has 19 heavy (non-hydrogen) atoms. The SMILES string of the molecule is Cc1ccccc1CCNCC(C(=O)O)C(F)(F)F.